The second-order valence-electron chi connectivity index (χ2n) is 2.97. The summed E-state index contributed by atoms with van der Waals surface area (Å²) >= 11 is 0. The first-order valence-electron chi connectivity index (χ1n) is 4.75. The Balaban J connectivity index is 2.65. The van der Waals surface area contributed by atoms with E-state index in [9.17, 15) is 9.59 Å². The van der Waals surface area contributed by atoms with Crippen LogP contribution in [0.4, 0.5) is 4.79 Å². The first kappa shape index (κ1) is 11.2. The van der Waals surface area contributed by atoms with E-state index >= 15 is 0 Å². The summed E-state index contributed by atoms with van der Waals surface area (Å²) in [5, 5.41) is 5.06. The molecule has 4 nitrogen and oxygen atoms in total. The maximum absolute atomic E-state index is 11.2. The van der Waals surface area contributed by atoms with Crippen molar-refractivity contribution in [1.29, 1.82) is 0 Å². The van der Waals surface area contributed by atoms with Crippen molar-refractivity contribution in [2.45, 2.75) is 13.0 Å². The lowest BCUT2D eigenvalue weighted by atomic mass is 10.1. The Morgan fingerprint density at radius 3 is 2.60 bits per heavy atom. The van der Waals surface area contributed by atoms with Crippen LogP contribution in [0.2, 0.25) is 0 Å². The average Bonchev–Trinajstić information content (AvgIpc) is 2.27. The second-order valence-corrected chi connectivity index (χ2v) is 2.97. The molecule has 0 fully saturated rings. The lowest BCUT2D eigenvalue weighted by Crippen LogP contribution is -2.38. The van der Waals surface area contributed by atoms with Gasteiger partial charge < -0.3 is 10.6 Å². The number of nitrogens with one attached hydrogen (secondary N) is 2. The molecule has 0 saturated heterocycles. The van der Waals surface area contributed by atoms with Crippen LogP contribution >= 0.6 is 0 Å². The summed E-state index contributed by atoms with van der Waals surface area (Å²) in [6.45, 7) is 2.33. The topological polar surface area (TPSA) is 58.2 Å². The highest BCUT2D eigenvalue weighted by atomic mass is 16.2. The van der Waals surface area contributed by atoms with Gasteiger partial charge in [-0.1, -0.05) is 30.3 Å². The van der Waals surface area contributed by atoms with Gasteiger partial charge in [-0.3, -0.25) is 4.79 Å². The molecule has 0 aromatic heterocycles. The van der Waals surface area contributed by atoms with Crippen LogP contribution in [0.5, 0.6) is 0 Å². The van der Waals surface area contributed by atoms with E-state index in [1.165, 1.54) is 0 Å². The fourth-order valence-corrected chi connectivity index (χ4v) is 1.17. The summed E-state index contributed by atoms with van der Waals surface area (Å²) in [6, 6.07) is 7.91. The Morgan fingerprint density at radius 1 is 1.40 bits per heavy atom. The lowest BCUT2D eigenvalue weighted by Gasteiger charge is -2.12. The van der Waals surface area contributed by atoms with Crippen molar-refractivity contribution in [3.8, 4) is 0 Å². The molecule has 0 aliphatic heterocycles. The standard InChI is InChI=1S/C11H13N2O2/c1-2-12-11(15)13-10(8-14)9-6-4-3-5-7-9/h3-7,10H,2H2,1H3,(H2,12,13,15)/t10-/m0/s1. The molecular weight excluding hydrogens is 192 g/mol. The zero-order valence-electron chi connectivity index (χ0n) is 8.49. The summed E-state index contributed by atoms with van der Waals surface area (Å²) in [4.78, 5) is 21.9. The van der Waals surface area contributed by atoms with Crippen molar-refractivity contribution in [3.05, 3.63) is 35.9 Å². The van der Waals surface area contributed by atoms with Crippen molar-refractivity contribution in [1.82, 2.24) is 10.6 Å². The highest BCUT2D eigenvalue weighted by molar-refractivity contribution is 5.78. The monoisotopic (exact) mass is 205 g/mol. The Morgan fingerprint density at radius 2 is 2.07 bits per heavy atom. The Labute approximate surface area is 88.7 Å². The fourth-order valence-electron chi connectivity index (χ4n) is 1.17. The van der Waals surface area contributed by atoms with Gasteiger partial charge >= 0.3 is 6.03 Å². The summed E-state index contributed by atoms with van der Waals surface area (Å²) in [7, 11) is 0. The Kier molecular flexibility index (Phi) is 4.34. The quantitative estimate of drug-likeness (QED) is 0.774. The highest BCUT2D eigenvalue weighted by Crippen LogP contribution is 2.09. The minimum Gasteiger partial charge on any atom is -0.338 e. The fraction of sp³-hybridized carbons (Fsp3) is 0.273. The van der Waals surface area contributed by atoms with Gasteiger partial charge in [0.05, 0.1) is 0 Å². The normalized spacial score (nSPS) is 11.5. The van der Waals surface area contributed by atoms with Crippen molar-refractivity contribution in [3.63, 3.8) is 0 Å². The number of carbonyl (C=O) groups excluding carboxylic acids is 2. The number of hydrogen-bond donors (Lipinski definition) is 2. The molecule has 0 aliphatic carbocycles. The molecule has 1 rings (SSSR count). The Bertz CT molecular complexity index is 325. The molecule has 15 heavy (non-hydrogen) atoms. The molecule has 79 valence electrons. The third-order valence-corrected chi connectivity index (χ3v) is 1.86. The van der Waals surface area contributed by atoms with Crippen LogP contribution in [0, 0.1) is 0 Å². The van der Waals surface area contributed by atoms with Gasteiger partial charge in [0.15, 0.2) is 0 Å². The molecule has 0 heterocycles. The maximum Gasteiger partial charge on any atom is 0.315 e. The average molecular weight is 205 g/mol. The van der Waals surface area contributed by atoms with E-state index in [-0.39, 0.29) is 6.03 Å². The van der Waals surface area contributed by atoms with Crippen LogP contribution in [-0.4, -0.2) is 18.9 Å². The van der Waals surface area contributed by atoms with E-state index in [1.54, 1.807) is 30.6 Å². The predicted molar refractivity (Wildman–Crippen MR) is 57.1 cm³/mol. The summed E-state index contributed by atoms with van der Waals surface area (Å²) in [5.41, 5.74) is 0.721. The zero-order valence-corrected chi connectivity index (χ0v) is 8.49. The smallest absolute Gasteiger partial charge is 0.315 e. The number of rotatable bonds is 4. The predicted octanol–water partition coefficient (Wildman–Crippen LogP) is 1.16. The van der Waals surface area contributed by atoms with Gasteiger partial charge in [-0.05, 0) is 12.5 Å². The van der Waals surface area contributed by atoms with Crippen LogP contribution in [-0.2, 0) is 4.79 Å². The van der Waals surface area contributed by atoms with Crippen molar-refractivity contribution < 1.29 is 9.59 Å². The molecule has 2 N–H and O–H groups in total. The van der Waals surface area contributed by atoms with Crippen molar-refractivity contribution in [2.24, 2.45) is 0 Å². The number of urea groups is 1. The van der Waals surface area contributed by atoms with Gasteiger partial charge in [-0.2, -0.15) is 0 Å². The number of carbonyl (C=O) groups is 1. The van der Waals surface area contributed by atoms with Gasteiger partial charge in [-0.15, -0.1) is 0 Å². The van der Waals surface area contributed by atoms with E-state index in [0.717, 1.165) is 5.56 Å². The molecule has 0 spiro atoms. The van der Waals surface area contributed by atoms with Gasteiger partial charge in [-0.25, -0.2) is 4.79 Å². The number of hydrogen-bond acceptors (Lipinski definition) is 2. The Hall–Kier alpha value is -1.84. The van der Waals surface area contributed by atoms with Crippen LogP contribution in [0.3, 0.4) is 0 Å². The van der Waals surface area contributed by atoms with Gasteiger partial charge in [0.2, 0.25) is 6.29 Å². The minimum atomic E-state index is -0.710. The molecule has 1 aromatic rings. The summed E-state index contributed by atoms with van der Waals surface area (Å²) < 4.78 is 0. The molecule has 0 saturated carbocycles. The summed E-state index contributed by atoms with van der Waals surface area (Å²) in [6.07, 6.45) is 1.79. The van der Waals surface area contributed by atoms with E-state index in [2.05, 4.69) is 10.6 Å². The molecule has 0 aliphatic rings. The van der Waals surface area contributed by atoms with Crippen molar-refractivity contribution in [2.75, 3.05) is 6.54 Å². The van der Waals surface area contributed by atoms with Crippen molar-refractivity contribution >= 4 is 12.3 Å². The molecule has 1 aromatic carbocycles. The third kappa shape index (κ3) is 3.42. The van der Waals surface area contributed by atoms with Crippen LogP contribution in [0.1, 0.15) is 18.5 Å². The van der Waals surface area contributed by atoms with Crippen LogP contribution in [0.15, 0.2) is 30.3 Å². The van der Waals surface area contributed by atoms with E-state index in [0.29, 0.717) is 6.54 Å². The molecule has 4 heteroatoms. The zero-order chi connectivity index (χ0) is 11.1. The minimum absolute atomic E-state index is 0.366. The number of amides is 2. The molecule has 2 amide bonds. The van der Waals surface area contributed by atoms with Crippen LogP contribution in [0.25, 0.3) is 0 Å². The number of benzene rings is 1. The van der Waals surface area contributed by atoms with Gasteiger partial charge in [0.25, 0.3) is 0 Å². The van der Waals surface area contributed by atoms with E-state index < -0.39 is 6.04 Å². The van der Waals surface area contributed by atoms with Crippen LogP contribution < -0.4 is 10.6 Å². The molecular formula is C11H13N2O2. The first-order valence-corrected chi connectivity index (χ1v) is 4.75. The maximum atomic E-state index is 11.2. The lowest BCUT2D eigenvalue weighted by molar-refractivity contribution is 0.240. The van der Waals surface area contributed by atoms with E-state index in [4.69, 9.17) is 0 Å². The third-order valence-electron chi connectivity index (χ3n) is 1.86. The molecule has 0 unspecified atom stereocenters. The highest BCUT2D eigenvalue weighted by Gasteiger charge is 2.12. The summed E-state index contributed by atoms with van der Waals surface area (Å²) in [5.74, 6) is 0. The molecule has 1 radical (unpaired) electrons. The van der Waals surface area contributed by atoms with Gasteiger partial charge in [0.1, 0.15) is 6.04 Å². The molecule has 1 atom stereocenters. The largest absolute Gasteiger partial charge is 0.338 e. The van der Waals surface area contributed by atoms with E-state index in [1.807, 2.05) is 13.0 Å². The SMILES string of the molecule is CCNC(=O)N[C@@H]([C]=O)c1ccccc1. The molecule has 0 bridgehead atoms. The first-order chi connectivity index (χ1) is 7.27. The van der Waals surface area contributed by atoms with Gasteiger partial charge in [0, 0.05) is 6.54 Å². The second kappa shape index (κ2) is 5.80.